The van der Waals surface area contributed by atoms with Crippen molar-refractivity contribution in [2.45, 2.75) is 30.2 Å². The smallest absolute Gasteiger partial charge is 0.289 e. The van der Waals surface area contributed by atoms with Crippen LogP contribution in [0.1, 0.15) is 19.3 Å². The molecular formula is C16H22N4O5S. The van der Waals surface area contributed by atoms with Gasteiger partial charge in [-0.3, -0.25) is 14.9 Å². The lowest BCUT2D eigenvalue weighted by Crippen LogP contribution is -2.51. The first-order chi connectivity index (χ1) is 12.4. The van der Waals surface area contributed by atoms with E-state index in [1.165, 1.54) is 28.6 Å². The monoisotopic (exact) mass is 382 g/mol. The van der Waals surface area contributed by atoms with Crippen LogP contribution in [0.25, 0.3) is 0 Å². The third-order valence-corrected chi connectivity index (χ3v) is 6.80. The quantitative estimate of drug-likeness (QED) is 0.588. The Morgan fingerprint density at radius 3 is 2.54 bits per heavy atom. The van der Waals surface area contributed by atoms with E-state index in [2.05, 4.69) is 5.32 Å². The normalized spacial score (nSPS) is 21.7. The topological polar surface area (TPSA) is 113 Å². The lowest BCUT2D eigenvalue weighted by atomic mass is 10.1. The largest absolute Gasteiger partial charge is 0.340 e. The fraction of sp³-hybridized carbons (Fsp3) is 0.562. The summed E-state index contributed by atoms with van der Waals surface area (Å²) in [6.45, 7) is 1.80. The summed E-state index contributed by atoms with van der Waals surface area (Å²) < 4.78 is 26.8. The van der Waals surface area contributed by atoms with E-state index in [-0.39, 0.29) is 29.9 Å². The predicted molar refractivity (Wildman–Crippen MR) is 94.1 cm³/mol. The number of benzene rings is 1. The molecule has 26 heavy (non-hydrogen) atoms. The zero-order valence-electron chi connectivity index (χ0n) is 14.3. The van der Waals surface area contributed by atoms with Gasteiger partial charge in [-0.2, -0.15) is 4.31 Å². The second-order valence-corrected chi connectivity index (χ2v) is 8.41. The van der Waals surface area contributed by atoms with Crippen molar-refractivity contribution >= 4 is 21.6 Å². The first kappa shape index (κ1) is 18.7. The van der Waals surface area contributed by atoms with Gasteiger partial charge in [-0.1, -0.05) is 12.1 Å². The Morgan fingerprint density at radius 1 is 1.23 bits per heavy atom. The van der Waals surface area contributed by atoms with Crippen LogP contribution in [-0.2, 0) is 14.8 Å². The number of nitro groups is 1. The van der Waals surface area contributed by atoms with Crippen molar-refractivity contribution in [1.29, 1.82) is 0 Å². The highest BCUT2D eigenvalue weighted by Gasteiger charge is 2.34. The highest BCUT2D eigenvalue weighted by atomic mass is 32.2. The molecule has 0 bridgehead atoms. The molecule has 0 radical (unpaired) electrons. The molecule has 2 aliphatic heterocycles. The first-order valence-electron chi connectivity index (χ1n) is 8.64. The SMILES string of the molecule is O=C(CC1CCCN1)N1CCN(S(=O)(=O)c2ccccc2[N+](=O)[O-])CC1. The van der Waals surface area contributed by atoms with Gasteiger partial charge in [0.2, 0.25) is 15.9 Å². The number of amides is 1. The highest BCUT2D eigenvalue weighted by Crippen LogP contribution is 2.27. The van der Waals surface area contributed by atoms with Gasteiger partial charge in [0.25, 0.3) is 5.69 Å². The van der Waals surface area contributed by atoms with Crippen LogP contribution in [0.5, 0.6) is 0 Å². The van der Waals surface area contributed by atoms with Crippen LogP contribution in [0, 0.1) is 10.1 Å². The van der Waals surface area contributed by atoms with Gasteiger partial charge in [0.1, 0.15) is 0 Å². The molecule has 2 fully saturated rings. The summed E-state index contributed by atoms with van der Waals surface area (Å²) in [4.78, 5) is 24.1. The molecule has 1 unspecified atom stereocenters. The van der Waals surface area contributed by atoms with Crippen LogP contribution >= 0.6 is 0 Å². The second-order valence-electron chi connectivity index (χ2n) is 6.51. The van der Waals surface area contributed by atoms with Crippen LogP contribution in [0.3, 0.4) is 0 Å². The maximum absolute atomic E-state index is 12.8. The van der Waals surface area contributed by atoms with Crippen molar-refractivity contribution in [2.24, 2.45) is 0 Å². The number of piperazine rings is 1. The number of rotatable bonds is 5. The summed E-state index contributed by atoms with van der Waals surface area (Å²) in [5.74, 6) is 0.0205. The van der Waals surface area contributed by atoms with Gasteiger partial charge in [0.05, 0.1) is 4.92 Å². The van der Waals surface area contributed by atoms with Crippen molar-refractivity contribution in [1.82, 2.24) is 14.5 Å². The number of carbonyl (C=O) groups is 1. The summed E-state index contributed by atoms with van der Waals surface area (Å²) >= 11 is 0. The van der Waals surface area contributed by atoms with E-state index in [1.807, 2.05) is 0 Å². The maximum Gasteiger partial charge on any atom is 0.289 e. The third kappa shape index (κ3) is 3.87. The Bertz CT molecular complexity index is 784. The fourth-order valence-electron chi connectivity index (χ4n) is 3.41. The zero-order chi connectivity index (χ0) is 18.7. The molecule has 0 aromatic heterocycles. The van der Waals surface area contributed by atoms with Crippen LogP contribution in [0.2, 0.25) is 0 Å². The molecule has 0 aliphatic carbocycles. The summed E-state index contributed by atoms with van der Waals surface area (Å²) in [5, 5.41) is 14.4. The van der Waals surface area contributed by atoms with Gasteiger partial charge in [-0.25, -0.2) is 8.42 Å². The van der Waals surface area contributed by atoms with Crippen molar-refractivity contribution in [3.63, 3.8) is 0 Å². The average Bonchev–Trinajstić information content (AvgIpc) is 3.14. The molecule has 1 N–H and O–H groups in total. The minimum absolute atomic E-state index is 0.0205. The van der Waals surface area contributed by atoms with Crippen molar-refractivity contribution < 1.29 is 18.1 Å². The predicted octanol–water partition coefficient (Wildman–Crippen LogP) is 0.570. The number of nitro benzene ring substituents is 1. The van der Waals surface area contributed by atoms with Gasteiger partial charge in [-0.15, -0.1) is 0 Å². The average molecular weight is 382 g/mol. The van der Waals surface area contributed by atoms with Crippen LogP contribution in [-0.4, -0.2) is 67.2 Å². The van der Waals surface area contributed by atoms with Crippen LogP contribution in [0.4, 0.5) is 5.69 Å². The van der Waals surface area contributed by atoms with E-state index in [1.54, 1.807) is 4.90 Å². The lowest BCUT2D eigenvalue weighted by Gasteiger charge is -2.34. The van der Waals surface area contributed by atoms with Gasteiger partial charge in [0, 0.05) is 44.7 Å². The van der Waals surface area contributed by atoms with Crippen molar-refractivity contribution in [3.8, 4) is 0 Å². The molecule has 2 heterocycles. The Labute approximate surface area is 152 Å². The minimum atomic E-state index is -3.97. The van der Waals surface area contributed by atoms with E-state index in [0.717, 1.165) is 19.4 Å². The van der Waals surface area contributed by atoms with E-state index in [4.69, 9.17) is 0 Å². The van der Waals surface area contributed by atoms with E-state index in [0.29, 0.717) is 19.5 Å². The van der Waals surface area contributed by atoms with Crippen molar-refractivity contribution in [3.05, 3.63) is 34.4 Å². The van der Waals surface area contributed by atoms with Crippen LogP contribution < -0.4 is 5.32 Å². The standard InChI is InChI=1S/C16H22N4O5S/c21-16(12-13-4-3-7-17-13)18-8-10-19(11-9-18)26(24,25)15-6-2-1-5-14(15)20(22)23/h1-2,5-6,13,17H,3-4,7-12H2. The summed E-state index contributed by atoms with van der Waals surface area (Å²) in [6.07, 6.45) is 2.48. The van der Waals surface area contributed by atoms with E-state index < -0.39 is 20.6 Å². The van der Waals surface area contributed by atoms with E-state index in [9.17, 15) is 23.3 Å². The highest BCUT2D eigenvalue weighted by molar-refractivity contribution is 7.89. The summed E-state index contributed by atoms with van der Waals surface area (Å²) in [6, 6.07) is 5.54. The molecule has 1 amide bonds. The second kappa shape index (κ2) is 7.68. The number of hydrogen-bond donors (Lipinski definition) is 1. The van der Waals surface area contributed by atoms with Gasteiger partial charge in [-0.05, 0) is 25.5 Å². The number of hydrogen-bond acceptors (Lipinski definition) is 6. The van der Waals surface area contributed by atoms with Gasteiger partial charge >= 0.3 is 0 Å². The minimum Gasteiger partial charge on any atom is -0.340 e. The molecule has 3 rings (SSSR count). The van der Waals surface area contributed by atoms with Crippen LogP contribution in [0.15, 0.2) is 29.2 Å². The molecule has 1 aromatic carbocycles. The molecule has 9 nitrogen and oxygen atoms in total. The molecule has 2 saturated heterocycles. The number of carbonyl (C=O) groups excluding carboxylic acids is 1. The zero-order valence-corrected chi connectivity index (χ0v) is 15.2. The molecule has 0 saturated carbocycles. The van der Waals surface area contributed by atoms with Crippen molar-refractivity contribution in [2.75, 3.05) is 32.7 Å². The molecule has 10 heteroatoms. The lowest BCUT2D eigenvalue weighted by molar-refractivity contribution is -0.387. The molecular weight excluding hydrogens is 360 g/mol. The van der Waals surface area contributed by atoms with E-state index >= 15 is 0 Å². The third-order valence-electron chi connectivity index (χ3n) is 4.85. The number of nitrogens with zero attached hydrogens (tertiary/aromatic N) is 3. The fourth-order valence-corrected chi connectivity index (χ4v) is 4.99. The summed E-state index contributed by atoms with van der Waals surface area (Å²) in [5.41, 5.74) is -0.432. The van der Waals surface area contributed by atoms with Gasteiger partial charge in [0.15, 0.2) is 4.90 Å². The van der Waals surface area contributed by atoms with Gasteiger partial charge < -0.3 is 10.2 Å². The Hall–Kier alpha value is -2.04. The molecule has 142 valence electrons. The number of sulfonamides is 1. The molecule has 1 aromatic rings. The first-order valence-corrected chi connectivity index (χ1v) is 10.1. The Balaban J connectivity index is 1.65. The molecule has 1 atom stereocenters. The molecule has 0 spiro atoms. The Morgan fingerprint density at radius 2 is 1.92 bits per heavy atom. The number of para-hydroxylation sites is 1. The maximum atomic E-state index is 12.8. The Kier molecular flexibility index (Phi) is 5.54. The molecule has 2 aliphatic rings. The number of nitrogens with one attached hydrogen (secondary N) is 1. The summed E-state index contributed by atoms with van der Waals surface area (Å²) in [7, 11) is -3.97.